The Kier molecular flexibility index (Phi) is 4.49. The lowest BCUT2D eigenvalue weighted by molar-refractivity contribution is 0.0503. The smallest absolute Gasteiger partial charge is 0.358 e. The van der Waals surface area contributed by atoms with Crippen LogP contribution in [0, 0.1) is 0 Å². The third-order valence-electron chi connectivity index (χ3n) is 2.39. The zero-order valence-corrected chi connectivity index (χ0v) is 10.7. The van der Waals surface area contributed by atoms with Crippen LogP contribution in [-0.2, 0) is 17.7 Å². The monoisotopic (exact) mass is 265 g/mol. The third-order valence-corrected chi connectivity index (χ3v) is 3.33. The van der Waals surface area contributed by atoms with Crippen LogP contribution in [0.4, 0.5) is 0 Å². The van der Waals surface area contributed by atoms with Crippen LogP contribution in [0.1, 0.15) is 15.4 Å². The van der Waals surface area contributed by atoms with Gasteiger partial charge in [0.1, 0.15) is 0 Å². The van der Waals surface area contributed by atoms with E-state index in [1.807, 2.05) is 17.5 Å². The largest absolute Gasteiger partial charge is 0.461 e. The molecule has 0 fully saturated rings. The van der Waals surface area contributed by atoms with E-state index < -0.39 is 0 Å². The first-order chi connectivity index (χ1) is 8.79. The number of thiophene rings is 1. The summed E-state index contributed by atoms with van der Waals surface area (Å²) in [5.74, 6) is -0.387. The molecule has 2 aromatic heterocycles. The second-order valence-corrected chi connectivity index (χ2v) is 4.78. The molecule has 2 heterocycles. The minimum absolute atomic E-state index is 0.328. The molecule has 0 spiro atoms. The zero-order chi connectivity index (χ0) is 12.8. The van der Waals surface area contributed by atoms with Crippen LogP contribution in [0.2, 0.25) is 0 Å². The van der Waals surface area contributed by atoms with Crippen LogP contribution in [0.15, 0.2) is 30.0 Å². The number of imidazole rings is 1. The van der Waals surface area contributed by atoms with Crippen LogP contribution in [0.3, 0.4) is 0 Å². The maximum Gasteiger partial charge on any atom is 0.358 e. The van der Waals surface area contributed by atoms with E-state index in [2.05, 4.69) is 4.98 Å². The summed E-state index contributed by atoms with van der Waals surface area (Å²) < 4.78 is 6.93. The molecule has 0 aromatic carbocycles. The van der Waals surface area contributed by atoms with Crippen molar-refractivity contribution >= 4 is 17.3 Å². The van der Waals surface area contributed by atoms with Gasteiger partial charge >= 0.3 is 5.97 Å². The van der Waals surface area contributed by atoms with Crippen molar-refractivity contribution < 1.29 is 9.53 Å². The fourth-order valence-electron chi connectivity index (χ4n) is 1.51. The number of nitrogens with two attached hydrogens (primary N) is 1. The van der Waals surface area contributed by atoms with Gasteiger partial charge in [0.25, 0.3) is 0 Å². The number of rotatable bonds is 6. The minimum atomic E-state index is -0.387. The van der Waals surface area contributed by atoms with Gasteiger partial charge in [0, 0.05) is 30.6 Å². The van der Waals surface area contributed by atoms with Crippen molar-refractivity contribution in [1.29, 1.82) is 0 Å². The summed E-state index contributed by atoms with van der Waals surface area (Å²) in [4.78, 5) is 16.9. The van der Waals surface area contributed by atoms with E-state index in [4.69, 9.17) is 10.5 Å². The number of carbonyl (C=O) groups excluding carboxylic acids is 1. The maximum atomic E-state index is 11.7. The number of hydrogen-bond donors (Lipinski definition) is 1. The molecule has 2 rings (SSSR count). The van der Waals surface area contributed by atoms with Crippen molar-refractivity contribution in [1.82, 2.24) is 9.55 Å². The molecular formula is C12H15N3O2S. The molecule has 18 heavy (non-hydrogen) atoms. The predicted octanol–water partition coefficient (Wildman–Crippen LogP) is 1.30. The van der Waals surface area contributed by atoms with Crippen LogP contribution in [-0.4, -0.2) is 28.7 Å². The van der Waals surface area contributed by atoms with E-state index >= 15 is 0 Å². The molecule has 2 N–H and O–H groups in total. The zero-order valence-electron chi connectivity index (χ0n) is 9.91. The molecule has 0 saturated carbocycles. The summed E-state index contributed by atoms with van der Waals surface area (Å²) in [5, 5.41) is 2.01. The topological polar surface area (TPSA) is 70.1 Å². The van der Waals surface area contributed by atoms with E-state index in [9.17, 15) is 4.79 Å². The van der Waals surface area contributed by atoms with Gasteiger partial charge in [0.2, 0.25) is 0 Å². The Hall–Kier alpha value is -1.66. The SMILES string of the molecule is NCCn1cnc(C(=O)OCCc2cccs2)c1. The molecule has 0 aliphatic rings. The highest BCUT2D eigenvalue weighted by Gasteiger charge is 2.10. The Morgan fingerprint density at radius 3 is 3.17 bits per heavy atom. The highest BCUT2D eigenvalue weighted by atomic mass is 32.1. The first-order valence-electron chi connectivity index (χ1n) is 5.71. The second-order valence-electron chi connectivity index (χ2n) is 3.75. The van der Waals surface area contributed by atoms with E-state index in [0.29, 0.717) is 25.4 Å². The fraction of sp³-hybridized carbons (Fsp3) is 0.333. The third kappa shape index (κ3) is 3.41. The summed E-state index contributed by atoms with van der Waals surface area (Å²) in [6.07, 6.45) is 3.98. The molecule has 0 bridgehead atoms. The van der Waals surface area contributed by atoms with Crippen LogP contribution in [0.25, 0.3) is 0 Å². The quantitative estimate of drug-likeness (QED) is 0.799. The van der Waals surface area contributed by atoms with Gasteiger partial charge < -0.3 is 15.0 Å². The molecular weight excluding hydrogens is 250 g/mol. The second kappa shape index (κ2) is 6.32. The van der Waals surface area contributed by atoms with Crippen LogP contribution < -0.4 is 5.73 Å². The van der Waals surface area contributed by atoms with E-state index in [0.717, 1.165) is 6.42 Å². The Bertz CT molecular complexity index is 493. The Morgan fingerprint density at radius 1 is 1.56 bits per heavy atom. The van der Waals surface area contributed by atoms with E-state index in [-0.39, 0.29) is 5.97 Å². The van der Waals surface area contributed by atoms with Crippen molar-refractivity contribution in [3.63, 3.8) is 0 Å². The highest BCUT2D eigenvalue weighted by Crippen LogP contribution is 2.09. The Labute approximate surface area is 109 Å². The van der Waals surface area contributed by atoms with Gasteiger partial charge in [-0.2, -0.15) is 0 Å². The van der Waals surface area contributed by atoms with E-state index in [1.54, 1.807) is 28.4 Å². The number of carbonyl (C=O) groups is 1. The van der Waals surface area contributed by atoms with Gasteiger partial charge in [-0.05, 0) is 11.4 Å². The number of esters is 1. The summed E-state index contributed by atoms with van der Waals surface area (Å²) in [6, 6.07) is 4.00. The van der Waals surface area contributed by atoms with Gasteiger partial charge in [-0.15, -0.1) is 11.3 Å². The molecule has 5 nitrogen and oxygen atoms in total. The van der Waals surface area contributed by atoms with E-state index in [1.165, 1.54) is 4.88 Å². The number of hydrogen-bond acceptors (Lipinski definition) is 5. The normalized spacial score (nSPS) is 10.5. The molecule has 0 unspecified atom stereocenters. The lowest BCUT2D eigenvalue weighted by Crippen LogP contribution is -2.09. The lowest BCUT2D eigenvalue weighted by Gasteiger charge is -2.01. The molecule has 0 amide bonds. The van der Waals surface area contributed by atoms with Crippen molar-refractivity contribution in [2.45, 2.75) is 13.0 Å². The average molecular weight is 265 g/mol. The van der Waals surface area contributed by atoms with Gasteiger partial charge in [0.05, 0.1) is 12.9 Å². The van der Waals surface area contributed by atoms with Gasteiger partial charge in [-0.1, -0.05) is 6.07 Å². The molecule has 0 saturated heterocycles. The summed E-state index contributed by atoms with van der Waals surface area (Å²) in [7, 11) is 0. The summed E-state index contributed by atoms with van der Waals surface area (Å²) in [6.45, 7) is 1.54. The Balaban J connectivity index is 1.80. The first kappa shape index (κ1) is 12.8. The van der Waals surface area contributed by atoms with Crippen LogP contribution >= 0.6 is 11.3 Å². The number of nitrogens with zero attached hydrogens (tertiary/aromatic N) is 2. The van der Waals surface area contributed by atoms with Crippen molar-refractivity contribution in [2.24, 2.45) is 5.73 Å². The first-order valence-corrected chi connectivity index (χ1v) is 6.59. The molecule has 96 valence electrons. The minimum Gasteiger partial charge on any atom is -0.461 e. The lowest BCUT2D eigenvalue weighted by atomic mass is 10.4. The fourth-order valence-corrected chi connectivity index (χ4v) is 2.20. The van der Waals surface area contributed by atoms with Crippen molar-refractivity contribution in [3.8, 4) is 0 Å². The molecule has 0 aliphatic heterocycles. The maximum absolute atomic E-state index is 11.7. The molecule has 0 atom stereocenters. The Morgan fingerprint density at radius 2 is 2.44 bits per heavy atom. The van der Waals surface area contributed by atoms with Gasteiger partial charge in [-0.25, -0.2) is 9.78 Å². The number of aromatic nitrogens is 2. The summed E-state index contributed by atoms with van der Waals surface area (Å²) >= 11 is 1.66. The summed E-state index contributed by atoms with van der Waals surface area (Å²) in [5.41, 5.74) is 5.75. The number of ether oxygens (including phenoxy) is 1. The predicted molar refractivity (Wildman–Crippen MR) is 69.6 cm³/mol. The average Bonchev–Trinajstić information content (AvgIpc) is 3.00. The van der Waals surface area contributed by atoms with Crippen molar-refractivity contribution in [3.05, 3.63) is 40.6 Å². The van der Waals surface area contributed by atoms with Crippen LogP contribution in [0.5, 0.6) is 0 Å². The van der Waals surface area contributed by atoms with Gasteiger partial charge in [-0.3, -0.25) is 0 Å². The standard InChI is InChI=1S/C12H15N3O2S/c13-4-5-15-8-11(14-9-15)12(16)17-6-3-10-2-1-7-18-10/h1-2,7-9H,3-6,13H2. The molecule has 0 aliphatic carbocycles. The highest BCUT2D eigenvalue weighted by molar-refractivity contribution is 7.09. The van der Waals surface area contributed by atoms with Crippen molar-refractivity contribution in [2.75, 3.05) is 13.2 Å². The molecule has 2 aromatic rings. The molecule has 0 radical (unpaired) electrons. The molecule has 6 heteroatoms. The van der Waals surface area contributed by atoms with Gasteiger partial charge in [0.15, 0.2) is 5.69 Å².